The molecule has 4 nitrogen and oxygen atoms in total. The second-order valence-corrected chi connectivity index (χ2v) is 8.25. The highest BCUT2D eigenvalue weighted by Gasteiger charge is 2.30. The molecular formula is C18H18IN3OS. The van der Waals surface area contributed by atoms with Crippen molar-refractivity contribution in [1.82, 2.24) is 15.1 Å². The van der Waals surface area contributed by atoms with Gasteiger partial charge in [-0.05, 0) is 77.7 Å². The zero-order valence-electron chi connectivity index (χ0n) is 13.2. The number of aromatic nitrogens is 2. The number of fused-ring (bicyclic) bond motifs is 1. The molecule has 3 aromatic rings. The number of Topliss-reactive ketones (excluding diaryl/α,β-unsaturated/α-hetero) is 1. The molecule has 1 aliphatic rings. The molecule has 0 bridgehead atoms. The standard InChI is InChI=1S/C18H18IN3OS/c19-18-13-10-12(5-6-14(13)20-21-18)11-15(23)17(16-4-3-9-24-16)22-7-1-2-8-22/h3-6,9-10,17H,1-2,7-8,11H2,(H,20,21). The van der Waals surface area contributed by atoms with Gasteiger partial charge in [0.2, 0.25) is 0 Å². The zero-order chi connectivity index (χ0) is 16.5. The first-order valence-electron chi connectivity index (χ1n) is 8.15. The van der Waals surface area contributed by atoms with Crippen LogP contribution in [0, 0.1) is 3.70 Å². The molecule has 1 fully saturated rings. The summed E-state index contributed by atoms with van der Waals surface area (Å²) in [5.74, 6) is 0.289. The second kappa shape index (κ2) is 6.93. The lowest BCUT2D eigenvalue weighted by atomic mass is 10.0. The van der Waals surface area contributed by atoms with E-state index in [2.05, 4.69) is 55.2 Å². The zero-order valence-corrected chi connectivity index (χ0v) is 16.1. The van der Waals surface area contributed by atoms with Crippen molar-refractivity contribution >= 4 is 50.6 Å². The number of halogens is 1. The van der Waals surface area contributed by atoms with Crippen molar-refractivity contribution in [3.8, 4) is 0 Å². The molecule has 1 N–H and O–H groups in total. The summed E-state index contributed by atoms with van der Waals surface area (Å²) in [6.07, 6.45) is 2.85. The molecule has 0 spiro atoms. The van der Waals surface area contributed by atoms with E-state index in [4.69, 9.17) is 0 Å². The van der Waals surface area contributed by atoms with Crippen LogP contribution in [-0.4, -0.2) is 34.0 Å². The molecule has 4 rings (SSSR count). The number of thiophene rings is 1. The number of nitrogens with zero attached hydrogens (tertiary/aromatic N) is 2. The minimum absolute atomic E-state index is 0.0911. The van der Waals surface area contributed by atoms with Crippen LogP contribution in [0.1, 0.15) is 29.3 Å². The molecule has 3 heterocycles. The molecular weight excluding hydrogens is 433 g/mol. The van der Waals surface area contributed by atoms with Crippen LogP contribution in [0.4, 0.5) is 0 Å². The van der Waals surface area contributed by atoms with Gasteiger partial charge in [0.05, 0.1) is 5.52 Å². The van der Waals surface area contributed by atoms with Gasteiger partial charge >= 0.3 is 0 Å². The van der Waals surface area contributed by atoms with Crippen LogP contribution in [-0.2, 0) is 11.2 Å². The van der Waals surface area contributed by atoms with Crippen molar-refractivity contribution in [1.29, 1.82) is 0 Å². The molecule has 0 amide bonds. The number of hydrogen-bond donors (Lipinski definition) is 1. The highest BCUT2D eigenvalue weighted by molar-refractivity contribution is 14.1. The number of benzene rings is 1. The molecule has 0 radical (unpaired) electrons. The minimum Gasteiger partial charge on any atom is -0.297 e. The number of aromatic amines is 1. The fourth-order valence-electron chi connectivity index (χ4n) is 3.42. The van der Waals surface area contributed by atoms with E-state index in [-0.39, 0.29) is 11.8 Å². The normalized spacial score (nSPS) is 16.7. The van der Waals surface area contributed by atoms with Crippen LogP contribution in [0.5, 0.6) is 0 Å². The van der Waals surface area contributed by atoms with Crippen molar-refractivity contribution in [2.45, 2.75) is 25.3 Å². The van der Waals surface area contributed by atoms with Crippen LogP contribution in [0.3, 0.4) is 0 Å². The average Bonchev–Trinajstić information content (AvgIpc) is 3.32. The lowest BCUT2D eigenvalue weighted by Gasteiger charge is -2.25. The van der Waals surface area contributed by atoms with E-state index in [1.807, 2.05) is 18.2 Å². The third kappa shape index (κ3) is 3.14. The van der Waals surface area contributed by atoms with Crippen molar-refractivity contribution in [2.75, 3.05) is 13.1 Å². The number of rotatable bonds is 5. The molecule has 124 valence electrons. The molecule has 1 saturated heterocycles. The van der Waals surface area contributed by atoms with Crippen LogP contribution in [0.25, 0.3) is 10.9 Å². The Bertz CT molecular complexity index is 852. The van der Waals surface area contributed by atoms with Crippen molar-refractivity contribution in [2.24, 2.45) is 0 Å². The third-order valence-electron chi connectivity index (χ3n) is 4.57. The average molecular weight is 451 g/mol. The number of carbonyl (C=O) groups excluding carboxylic acids is 1. The Morgan fingerprint density at radius 3 is 2.92 bits per heavy atom. The van der Waals surface area contributed by atoms with Gasteiger partial charge in [-0.2, -0.15) is 5.10 Å². The topological polar surface area (TPSA) is 49.0 Å². The summed E-state index contributed by atoms with van der Waals surface area (Å²) in [6.45, 7) is 2.04. The maximum atomic E-state index is 13.1. The van der Waals surface area contributed by atoms with Gasteiger partial charge in [0.25, 0.3) is 0 Å². The van der Waals surface area contributed by atoms with Gasteiger partial charge in [0, 0.05) is 16.7 Å². The molecule has 0 aliphatic carbocycles. The predicted octanol–water partition coefficient (Wildman–Crippen LogP) is 4.18. The van der Waals surface area contributed by atoms with Gasteiger partial charge in [-0.3, -0.25) is 14.8 Å². The van der Waals surface area contributed by atoms with E-state index < -0.39 is 0 Å². The van der Waals surface area contributed by atoms with Gasteiger partial charge < -0.3 is 0 Å². The summed E-state index contributed by atoms with van der Waals surface area (Å²) >= 11 is 3.93. The van der Waals surface area contributed by atoms with E-state index >= 15 is 0 Å². The molecule has 1 aliphatic heterocycles. The fraction of sp³-hybridized carbons (Fsp3) is 0.333. The van der Waals surface area contributed by atoms with Gasteiger partial charge in [0.15, 0.2) is 5.78 Å². The number of ketones is 1. The first-order chi connectivity index (χ1) is 11.7. The Kier molecular flexibility index (Phi) is 4.69. The van der Waals surface area contributed by atoms with E-state index in [1.54, 1.807) is 11.3 Å². The number of hydrogen-bond acceptors (Lipinski definition) is 4. The van der Waals surface area contributed by atoms with E-state index in [1.165, 1.54) is 17.7 Å². The molecule has 6 heteroatoms. The van der Waals surface area contributed by atoms with Crippen molar-refractivity contribution in [3.05, 3.63) is 49.9 Å². The summed E-state index contributed by atoms with van der Waals surface area (Å²) in [5.41, 5.74) is 2.01. The molecule has 1 unspecified atom stereocenters. The SMILES string of the molecule is O=C(Cc1ccc2n[nH]c(I)c2c1)C(c1cccs1)N1CCCC1. The van der Waals surface area contributed by atoms with Gasteiger partial charge in [-0.15, -0.1) is 11.3 Å². The Balaban J connectivity index is 1.60. The monoisotopic (exact) mass is 451 g/mol. The van der Waals surface area contributed by atoms with Gasteiger partial charge in [0.1, 0.15) is 9.74 Å². The summed E-state index contributed by atoms with van der Waals surface area (Å²) < 4.78 is 1.02. The Hall–Kier alpha value is -1.25. The summed E-state index contributed by atoms with van der Waals surface area (Å²) in [4.78, 5) is 16.6. The number of likely N-dealkylation sites (tertiary alicyclic amines) is 1. The Labute approximate surface area is 158 Å². The molecule has 2 aromatic heterocycles. The van der Waals surface area contributed by atoms with E-state index in [0.717, 1.165) is 33.3 Å². The fourth-order valence-corrected chi connectivity index (χ4v) is 4.86. The highest BCUT2D eigenvalue weighted by Crippen LogP contribution is 2.30. The quantitative estimate of drug-likeness (QED) is 0.593. The Morgan fingerprint density at radius 2 is 2.17 bits per heavy atom. The first kappa shape index (κ1) is 16.2. The summed E-state index contributed by atoms with van der Waals surface area (Å²) in [6, 6.07) is 10.1. The van der Waals surface area contributed by atoms with Gasteiger partial charge in [-0.1, -0.05) is 12.1 Å². The minimum atomic E-state index is -0.0911. The van der Waals surface area contributed by atoms with Gasteiger partial charge in [-0.25, -0.2) is 0 Å². The largest absolute Gasteiger partial charge is 0.297 e. The van der Waals surface area contributed by atoms with E-state index in [0.29, 0.717) is 6.42 Å². The van der Waals surface area contributed by atoms with Crippen LogP contribution < -0.4 is 0 Å². The number of carbonyl (C=O) groups is 1. The van der Waals surface area contributed by atoms with Crippen molar-refractivity contribution < 1.29 is 4.79 Å². The highest BCUT2D eigenvalue weighted by atomic mass is 127. The smallest absolute Gasteiger partial charge is 0.159 e. The summed E-state index contributed by atoms with van der Waals surface area (Å²) in [5, 5.41) is 10.4. The van der Waals surface area contributed by atoms with Crippen LogP contribution in [0.15, 0.2) is 35.7 Å². The maximum absolute atomic E-state index is 13.1. The van der Waals surface area contributed by atoms with Crippen LogP contribution in [0.2, 0.25) is 0 Å². The number of nitrogens with one attached hydrogen (secondary N) is 1. The van der Waals surface area contributed by atoms with Crippen molar-refractivity contribution in [3.63, 3.8) is 0 Å². The number of H-pyrrole nitrogens is 1. The first-order valence-corrected chi connectivity index (χ1v) is 10.1. The molecule has 1 aromatic carbocycles. The third-order valence-corrected chi connectivity index (χ3v) is 6.32. The molecule has 24 heavy (non-hydrogen) atoms. The Morgan fingerprint density at radius 1 is 1.33 bits per heavy atom. The second-order valence-electron chi connectivity index (χ2n) is 6.19. The van der Waals surface area contributed by atoms with Crippen LogP contribution >= 0.6 is 33.9 Å². The predicted molar refractivity (Wildman–Crippen MR) is 105 cm³/mol. The lowest BCUT2D eigenvalue weighted by Crippen LogP contribution is -2.32. The lowest BCUT2D eigenvalue weighted by molar-refractivity contribution is -0.123. The molecule has 0 saturated carbocycles. The van der Waals surface area contributed by atoms with E-state index in [9.17, 15) is 4.79 Å². The maximum Gasteiger partial charge on any atom is 0.159 e. The summed E-state index contributed by atoms with van der Waals surface area (Å²) in [7, 11) is 0. The molecule has 1 atom stereocenters.